The molecule has 1 unspecified atom stereocenters. The number of esters is 1. The molecule has 2 heterocycles. The highest BCUT2D eigenvalue weighted by atomic mass is 32.2. The maximum absolute atomic E-state index is 13.3. The van der Waals surface area contributed by atoms with E-state index >= 15 is 0 Å². The van der Waals surface area contributed by atoms with Crippen LogP contribution in [0.2, 0.25) is 0 Å². The van der Waals surface area contributed by atoms with Crippen molar-refractivity contribution in [2.24, 2.45) is 11.3 Å². The number of carbonyl (C=O) groups is 2. The van der Waals surface area contributed by atoms with Crippen LogP contribution in [0.15, 0.2) is 45.5 Å². The summed E-state index contributed by atoms with van der Waals surface area (Å²) in [6.07, 6.45) is 2.12. The number of ether oxygens (including phenoxy) is 1. The van der Waals surface area contributed by atoms with Crippen LogP contribution in [0.5, 0.6) is 0 Å². The smallest absolute Gasteiger partial charge is 0.337 e. The van der Waals surface area contributed by atoms with Crippen molar-refractivity contribution in [3.05, 3.63) is 62.6 Å². The Labute approximate surface area is 203 Å². The van der Waals surface area contributed by atoms with Crippen molar-refractivity contribution in [1.82, 2.24) is 9.97 Å². The van der Waals surface area contributed by atoms with Gasteiger partial charge in [-0.05, 0) is 41.9 Å². The maximum atomic E-state index is 13.3. The van der Waals surface area contributed by atoms with E-state index in [0.29, 0.717) is 46.4 Å². The molecule has 2 aromatic rings. The molecule has 1 aromatic heterocycles. The fourth-order valence-corrected chi connectivity index (χ4v) is 5.72. The van der Waals surface area contributed by atoms with Crippen LogP contribution in [0, 0.1) is 11.3 Å². The van der Waals surface area contributed by atoms with Crippen molar-refractivity contribution in [1.29, 1.82) is 0 Å². The van der Waals surface area contributed by atoms with Crippen LogP contribution in [-0.4, -0.2) is 34.6 Å². The van der Waals surface area contributed by atoms with E-state index < -0.39 is 11.9 Å². The topological polar surface area (TPSA) is 101 Å². The van der Waals surface area contributed by atoms with Crippen LogP contribution in [0.3, 0.4) is 0 Å². The van der Waals surface area contributed by atoms with Gasteiger partial charge in [-0.15, -0.1) is 0 Å². The third kappa shape index (κ3) is 4.82. The highest BCUT2D eigenvalue weighted by molar-refractivity contribution is 7.99. The molecule has 0 fully saturated rings. The lowest BCUT2D eigenvalue weighted by atomic mass is 9.69. The Morgan fingerprint density at radius 1 is 1.21 bits per heavy atom. The number of allylic oxidation sites excluding steroid dienone is 2. The average molecular weight is 482 g/mol. The lowest BCUT2D eigenvalue weighted by molar-refractivity contribution is -0.118. The van der Waals surface area contributed by atoms with E-state index in [2.05, 4.69) is 38.0 Å². The van der Waals surface area contributed by atoms with Gasteiger partial charge in [-0.3, -0.25) is 9.59 Å². The molecule has 0 bridgehead atoms. The largest absolute Gasteiger partial charge is 0.465 e. The van der Waals surface area contributed by atoms with E-state index in [4.69, 9.17) is 9.72 Å². The monoisotopic (exact) mass is 481 g/mol. The molecular formula is C26H31N3O4S. The summed E-state index contributed by atoms with van der Waals surface area (Å²) >= 11 is 1.53. The van der Waals surface area contributed by atoms with Crippen molar-refractivity contribution < 1.29 is 14.3 Å². The standard InChI is InChI=1S/C26H31N3O4S/c1-14(2)10-11-34-25-28-22-21(23(31)29-25)19(15-6-8-16(9-7-15)24(32)33-5)20-17(27-22)12-26(3,4)13-18(20)30/h6-9,14,19H,10-13H2,1-5H3,(H2,27,28,29,31). The van der Waals surface area contributed by atoms with Crippen molar-refractivity contribution in [2.75, 3.05) is 18.2 Å². The Hall–Kier alpha value is -2.87. The number of H-pyrrole nitrogens is 1. The van der Waals surface area contributed by atoms with Crippen molar-refractivity contribution in [3.63, 3.8) is 0 Å². The van der Waals surface area contributed by atoms with E-state index in [1.165, 1.54) is 18.9 Å². The lowest BCUT2D eigenvalue weighted by Crippen LogP contribution is -2.37. The fourth-order valence-electron chi connectivity index (χ4n) is 4.62. The Morgan fingerprint density at radius 3 is 2.56 bits per heavy atom. The van der Waals surface area contributed by atoms with Gasteiger partial charge in [0.2, 0.25) is 0 Å². The maximum Gasteiger partial charge on any atom is 0.337 e. The van der Waals surface area contributed by atoms with Gasteiger partial charge in [-0.1, -0.05) is 51.6 Å². The zero-order valence-corrected chi connectivity index (χ0v) is 21.1. The highest BCUT2D eigenvalue weighted by Gasteiger charge is 2.42. The molecule has 8 heteroatoms. The van der Waals surface area contributed by atoms with E-state index in [9.17, 15) is 14.4 Å². The first kappa shape index (κ1) is 24.3. The first-order valence-electron chi connectivity index (χ1n) is 11.6. The minimum absolute atomic E-state index is 0.0289. The summed E-state index contributed by atoms with van der Waals surface area (Å²) in [6.45, 7) is 8.48. The number of nitrogens with one attached hydrogen (secondary N) is 2. The molecule has 7 nitrogen and oxygen atoms in total. The number of nitrogens with zero attached hydrogens (tertiary/aromatic N) is 1. The van der Waals surface area contributed by atoms with Crippen LogP contribution >= 0.6 is 11.8 Å². The van der Waals surface area contributed by atoms with Gasteiger partial charge in [0.1, 0.15) is 5.82 Å². The molecule has 2 aliphatic rings. The molecule has 0 saturated carbocycles. The number of rotatable bonds is 6. The van der Waals surface area contributed by atoms with E-state index in [-0.39, 0.29) is 16.8 Å². The third-order valence-electron chi connectivity index (χ3n) is 6.30. The number of aromatic nitrogens is 2. The number of aromatic amines is 1. The molecule has 0 saturated heterocycles. The van der Waals surface area contributed by atoms with Crippen molar-refractivity contribution in [3.8, 4) is 0 Å². The molecule has 1 atom stereocenters. The van der Waals surface area contributed by atoms with Gasteiger partial charge in [-0.2, -0.15) is 0 Å². The quantitative estimate of drug-likeness (QED) is 0.344. The molecular weight excluding hydrogens is 450 g/mol. The van der Waals surface area contributed by atoms with E-state index in [1.54, 1.807) is 24.3 Å². The lowest BCUT2D eigenvalue weighted by Gasteiger charge is -2.38. The van der Waals surface area contributed by atoms with Crippen LogP contribution in [0.1, 0.15) is 74.4 Å². The normalized spacial score (nSPS) is 18.9. The fraction of sp³-hybridized carbons (Fsp3) is 0.462. The number of anilines is 1. The van der Waals surface area contributed by atoms with Crippen LogP contribution < -0.4 is 10.9 Å². The molecule has 1 aromatic carbocycles. The average Bonchev–Trinajstić information content (AvgIpc) is 2.76. The Bertz CT molecular complexity index is 1210. The summed E-state index contributed by atoms with van der Waals surface area (Å²) in [4.78, 5) is 46.2. The highest BCUT2D eigenvalue weighted by Crippen LogP contribution is 2.47. The summed E-state index contributed by atoms with van der Waals surface area (Å²) in [5, 5.41) is 3.92. The summed E-state index contributed by atoms with van der Waals surface area (Å²) in [6, 6.07) is 6.90. The number of hydrogen-bond donors (Lipinski definition) is 2. The predicted molar refractivity (Wildman–Crippen MR) is 133 cm³/mol. The zero-order valence-electron chi connectivity index (χ0n) is 20.3. The van der Waals surface area contributed by atoms with Gasteiger partial charge in [0, 0.05) is 29.4 Å². The second-order valence-electron chi connectivity index (χ2n) is 10.2. The zero-order chi connectivity index (χ0) is 24.6. The second kappa shape index (κ2) is 9.41. The van der Waals surface area contributed by atoms with Gasteiger partial charge in [0.05, 0.1) is 18.2 Å². The number of thioether (sulfide) groups is 1. The van der Waals surface area contributed by atoms with Gasteiger partial charge < -0.3 is 15.0 Å². The minimum atomic E-state index is -0.549. The summed E-state index contributed by atoms with van der Waals surface area (Å²) in [5.41, 5.74) is 2.62. The number of fused-ring (bicyclic) bond motifs is 1. The Kier molecular flexibility index (Phi) is 6.71. The summed E-state index contributed by atoms with van der Waals surface area (Å²) in [7, 11) is 1.33. The number of hydrogen-bond acceptors (Lipinski definition) is 7. The molecule has 0 radical (unpaired) electrons. The van der Waals surface area contributed by atoms with Gasteiger partial charge >= 0.3 is 5.97 Å². The van der Waals surface area contributed by atoms with Crippen LogP contribution in [0.25, 0.3) is 0 Å². The molecule has 2 N–H and O–H groups in total. The third-order valence-corrected chi connectivity index (χ3v) is 7.21. The SMILES string of the molecule is COC(=O)c1ccc(C2C3=C(CC(C)(C)CC3=O)Nc3nc(SCCC(C)C)[nH]c(=O)c32)cc1. The van der Waals surface area contributed by atoms with Gasteiger partial charge in [0.15, 0.2) is 10.9 Å². The molecule has 4 rings (SSSR count). The number of carbonyl (C=O) groups excluding carboxylic acids is 2. The molecule has 0 spiro atoms. The predicted octanol–water partition coefficient (Wildman–Crippen LogP) is 4.90. The van der Waals surface area contributed by atoms with Crippen LogP contribution in [-0.2, 0) is 9.53 Å². The minimum Gasteiger partial charge on any atom is -0.465 e. The van der Waals surface area contributed by atoms with Crippen molar-refractivity contribution in [2.45, 2.75) is 58.0 Å². The number of ketones is 1. The molecule has 34 heavy (non-hydrogen) atoms. The molecule has 180 valence electrons. The number of benzene rings is 1. The first-order chi connectivity index (χ1) is 16.1. The molecule has 0 amide bonds. The summed E-state index contributed by atoms with van der Waals surface area (Å²) in [5.74, 6) is 0.971. The first-order valence-corrected chi connectivity index (χ1v) is 12.6. The second-order valence-corrected chi connectivity index (χ2v) is 11.3. The molecule has 1 aliphatic carbocycles. The number of Topliss-reactive ketones (excluding diaryl/α,β-unsaturated/α-hetero) is 1. The summed E-state index contributed by atoms with van der Waals surface area (Å²) < 4.78 is 4.80. The Morgan fingerprint density at radius 2 is 1.91 bits per heavy atom. The molecule has 1 aliphatic heterocycles. The Balaban J connectivity index is 1.81. The van der Waals surface area contributed by atoms with Crippen molar-refractivity contribution >= 4 is 29.3 Å². The van der Waals surface area contributed by atoms with E-state index in [1.807, 2.05) is 0 Å². The number of methoxy groups -OCH3 is 1. The van der Waals surface area contributed by atoms with E-state index in [0.717, 1.165) is 23.4 Å². The van der Waals surface area contributed by atoms with Gasteiger partial charge in [-0.25, -0.2) is 9.78 Å². The van der Waals surface area contributed by atoms with Crippen LogP contribution in [0.4, 0.5) is 5.82 Å². The van der Waals surface area contributed by atoms with Gasteiger partial charge in [0.25, 0.3) is 5.56 Å².